The first-order valence-electron chi connectivity index (χ1n) is 9.74. The van der Waals surface area contributed by atoms with Gasteiger partial charge in [-0.05, 0) is 42.7 Å². The van der Waals surface area contributed by atoms with E-state index in [1.165, 1.54) is 24.3 Å². The third-order valence-electron chi connectivity index (χ3n) is 5.15. The molecule has 31 heavy (non-hydrogen) atoms. The number of halogens is 1. The maximum atomic E-state index is 14.9. The number of fused-ring (bicyclic) bond motifs is 3. The maximum Gasteiger partial charge on any atom is 0.223 e. The molecule has 0 saturated heterocycles. The Morgan fingerprint density at radius 2 is 2.19 bits per heavy atom. The number of carbonyl (C=O) groups excluding carboxylic acids is 1. The molecule has 1 amide bonds. The van der Waals surface area contributed by atoms with Crippen LogP contribution in [-0.4, -0.2) is 30.8 Å². The molecule has 0 fully saturated rings. The molecule has 5 rings (SSSR count). The number of aliphatic hydroxyl groups excluding tert-OH is 1. The number of pyridine rings is 1. The summed E-state index contributed by atoms with van der Waals surface area (Å²) in [5, 5.41) is 17.6. The summed E-state index contributed by atoms with van der Waals surface area (Å²) in [5.41, 5.74) is 4.99. The average Bonchev–Trinajstić information content (AvgIpc) is 3.35. The van der Waals surface area contributed by atoms with Crippen molar-refractivity contribution in [2.45, 2.75) is 26.4 Å². The fourth-order valence-corrected chi connectivity index (χ4v) is 4.92. The fraction of sp³-hybridized carbons (Fsp3) is 0.182. The summed E-state index contributed by atoms with van der Waals surface area (Å²) >= 11 is 1.35. The van der Waals surface area contributed by atoms with Crippen LogP contribution in [0.4, 0.5) is 9.52 Å². The zero-order valence-electron chi connectivity index (χ0n) is 16.6. The number of benzene rings is 1. The number of hydrogen-bond acceptors (Lipinski definition) is 6. The SMILES string of the molecule is CC(=O)Nc1nc2c(s1)-c1c(c(-c3cccnc3)nn1-c1cc(CO)ccc1F)CC2. The molecule has 3 aromatic heterocycles. The Labute approximate surface area is 181 Å². The van der Waals surface area contributed by atoms with E-state index >= 15 is 0 Å². The number of aromatic nitrogens is 4. The highest BCUT2D eigenvalue weighted by atomic mass is 32.1. The average molecular weight is 435 g/mol. The molecule has 0 spiro atoms. The van der Waals surface area contributed by atoms with Gasteiger partial charge in [0.25, 0.3) is 0 Å². The van der Waals surface area contributed by atoms with Crippen LogP contribution in [0, 0.1) is 5.82 Å². The molecule has 0 aliphatic heterocycles. The maximum absolute atomic E-state index is 14.9. The van der Waals surface area contributed by atoms with E-state index < -0.39 is 5.82 Å². The van der Waals surface area contributed by atoms with Gasteiger partial charge in [-0.25, -0.2) is 14.1 Å². The van der Waals surface area contributed by atoms with E-state index in [9.17, 15) is 14.3 Å². The molecule has 7 nitrogen and oxygen atoms in total. The molecule has 2 N–H and O–H groups in total. The van der Waals surface area contributed by atoms with E-state index in [4.69, 9.17) is 5.10 Å². The molecule has 9 heteroatoms. The van der Waals surface area contributed by atoms with Crippen LogP contribution in [0.1, 0.15) is 23.7 Å². The van der Waals surface area contributed by atoms with E-state index in [-0.39, 0.29) is 18.2 Å². The van der Waals surface area contributed by atoms with E-state index in [0.29, 0.717) is 23.5 Å². The summed E-state index contributed by atoms with van der Waals surface area (Å²) in [7, 11) is 0. The van der Waals surface area contributed by atoms with Gasteiger partial charge in [0.05, 0.1) is 28.6 Å². The smallest absolute Gasteiger partial charge is 0.223 e. The number of nitrogens with zero attached hydrogens (tertiary/aromatic N) is 4. The molecule has 0 saturated carbocycles. The fourth-order valence-electron chi connectivity index (χ4n) is 3.80. The first-order chi connectivity index (χ1) is 15.0. The first kappa shape index (κ1) is 19.5. The summed E-state index contributed by atoms with van der Waals surface area (Å²) in [4.78, 5) is 21.1. The number of nitrogens with one attached hydrogen (secondary N) is 1. The molecule has 0 bridgehead atoms. The van der Waals surface area contributed by atoms with Crippen LogP contribution in [0.5, 0.6) is 0 Å². The minimum atomic E-state index is -0.445. The van der Waals surface area contributed by atoms with Crippen molar-refractivity contribution in [3.05, 3.63) is 65.4 Å². The molecule has 0 radical (unpaired) electrons. The van der Waals surface area contributed by atoms with Gasteiger partial charge in [0.15, 0.2) is 5.13 Å². The third-order valence-corrected chi connectivity index (χ3v) is 6.17. The summed E-state index contributed by atoms with van der Waals surface area (Å²) < 4.78 is 16.5. The highest BCUT2D eigenvalue weighted by molar-refractivity contribution is 7.19. The Hall–Kier alpha value is -3.43. The number of rotatable bonds is 4. The van der Waals surface area contributed by atoms with Gasteiger partial charge in [0.2, 0.25) is 5.91 Å². The second kappa shape index (κ2) is 7.68. The lowest BCUT2D eigenvalue weighted by atomic mass is 9.95. The number of anilines is 1. The Morgan fingerprint density at radius 1 is 1.32 bits per heavy atom. The number of aryl methyl sites for hydroxylation is 1. The predicted molar refractivity (Wildman–Crippen MR) is 115 cm³/mol. The van der Waals surface area contributed by atoms with Crippen molar-refractivity contribution < 1.29 is 14.3 Å². The van der Waals surface area contributed by atoms with Crippen LogP contribution in [0.15, 0.2) is 42.7 Å². The molecule has 4 aromatic rings. The molecule has 1 aliphatic rings. The number of thiazole rings is 1. The largest absolute Gasteiger partial charge is 0.392 e. The summed E-state index contributed by atoms with van der Waals surface area (Å²) in [6, 6.07) is 8.23. The number of amides is 1. The normalized spacial score (nSPS) is 12.4. The lowest BCUT2D eigenvalue weighted by Crippen LogP contribution is -2.08. The second-order valence-corrected chi connectivity index (χ2v) is 8.25. The monoisotopic (exact) mass is 435 g/mol. The van der Waals surface area contributed by atoms with Crippen LogP contribution in [-0.2, 0) is 24.2 Å². The minimum Gasteiger partial charge on any atom is -0.392 e. The Balaban J connectivity index is 1.77. The van der Waals surface area contributed by atoms with Gasteiger partial charge in [-0.1, -0.05) is 17.4 Å². The zero-order valence-corrected chi connectivity index (χ0v) is 17.4. The van der Waals surface area contributed by atoms with Crippen molar-refractivity contribution in [1.29, 1.82) is 0 Å². The van der Waals surface area contributed by atoms with Gasteiger partial charge < -0.3 is 10.4 Å². The quantitative estimate of drug-likeness (QED) is 0.509. The lowest BCUT2D eigenvalue weighted by molar-refractivity contribution is -0.114. The minimum absolute atomic E-state index is 0.197. The first-order valence-corrected chi connectivity index (χ1v) is 10.6. The van der Waals surface area contributed by atoms with Crippen molar-refractivity contribution in [3.8, 4) is 27.5 Å². The Kier molecular flexibility index (Phi) is 4.84. The number of aliphatic hydroxyl groups is 1. The molecule has 3 heterocycles. The van der Waals surface area contributed by atoms with E-state index in [1.807, 2.05) is 12.1 Å². The van der Waals surface area contributed by atoms with Crippen LogP contribution in [0.25, 0.3) is 27.5 Å². The summed E-state index contributed by atoms with van der Waals surface area (Å²) in [6.07, 6.45) is 4.80. The predicted octanol–water partition coefficient (Wildman–Crippen LogP) is 3.75. The Morgan fingerprint density at radius 3 is 2.94 bits per heavy atom. The van der Waals surface area contributed by atoms with Crippen molar-refractivity contribution in [2.75, 3.05) is 5.32 Å². The summed E-state index contributed by atoms with van der Waals surface area (Å²) in [6.45, 7) is 1.23. The molecule has 156 valence electrons. The van der Waals surface area contributed by atoms with E-state index in [0.717, 1.165) is 33.1 Å². The third kappa shape index (κ3) is 3.41. The molecular weight excluding hydrogens is 417 g/mol. The summed E-state index contributed by atoms with van der Waals surface area (Å²) in [5.74, 6) is -0.642. The van der Waals surface area contributed by atoms with Gasteiger partial charge in [-0.2, -0.15) is 5.10 Å². The van der Waals surface area contributed by atoms with Crippen LogP contribution >= 0.6 is 11.3 Å². The van der Waals surface area contributed by atoms with Crippen molar-refractivity contribution in [2.24, 2.45) is 0 Å². The van der Waals surface area contributed by atoms with E-state index in [1.54, 1.807) is 29.2 Å². The molecule has 0 atom stereocenters. The second-order valence-electron chi connectivity index (χ2n) is 7.25. The van der Waals surface area contributed by atoms with Gasteiger partial charge in [0, 0.05) is 30.4 Å². The van der Waals surface area contributed by atoms with E-state index in [2.05, 4.69) is 15.3 Å². The van der Waals surface area contributed by atoms with Crippen molar-refractivity contribution >= 4 is 22.4 Å². The van der Waals surface area contributed by atoms with Crippen LogP contribution in [0.2, 0.25) is 0 Å². The highest BCUT2D eigenvalue weighted by Crippen LogP contribution is 2.44. The molecule has 1 aromatic carbocycles. The molecule has 0 unspecified atom stereocenters. The van der Waals surface area contributed by atoms with Gasteiger partial charge >= 0.3 is 0 Å². The Bertz CT molecular complexity index is 1300. The van der Waals surface area contributed by atoms with Crippen molar-refractivity contribution in [3.63, 3.8) is 0 Å². The number of hydrogen-bond donors (Lipinski definition) is 2. The van der Waals surface area contributed by atoms with Crippen LogP contribution in [0.3, 0.4) is 0 Å². The van der Waals surface area contributed by atoms with Gasteiger partial charge in [-0.3, -0.25) is 9.78 Å². The van der Waals surface area contributed by atoms with Crippen molar-refractivity contribution in [1.82, 2.24) is 19.7 Å². The lowest BCUT2D eigenvalue weighted by Gasteiger charge is -2.15. The number of carbonyl (C=O) groups is 1. The molecule has 1 aliphatic carbocycles. The topological polar surface area (TPSA) is 92.9 Å². The zero-order chi connectivity index (χ0) is 21.5. The van der Waals surface area contributed by atoms with Gasteiger partial charge in [0.1, 0.15) is 11.5 Å². The standard InChI is InChI=1S/C22H18FN5O2S/c1-12(30)25-22-26-17-7-5-15-19(14-3-2-8-24-10-14)27-28(20(15)21(17)31-22)18-9-13(11-29)4-6-16(18)23/h2-4,6,8-10,29H,5,7,11H2,1H3,(H,25,26,30). The highest BCUT2D eigenvalue weighted by Gasteiger charge is 2.30. The van der Waals surface area contributed by atoms with Gasteiger partial charge in [-0.15, -0.1) is 0 Å². The molecular formula is C22H18FN5O2S. The van der Waals surface area contributed by atoms with Crippen LogP contribution < -0.4 is 5.32 Å².